The molecule has 0 amide bonds. The molecule has 0 unspecified atom stereocenters. The number of hydrogen-bond acceptors (Lipinski definition) is 3. The molecule has 0 aliphatic heterocycles. The molecule has 0 spiro atoms. The van der Waals surface area contributed by atoms with Gasteiger partial charge in [-0.3, -0.25) is 4.79 Å². The van der Waals surface area contributed by atoms with Gasteiger partial charge in [-0.2, -0.15) is 0 Å². The Balaban J connectivity index is -0.000000980. The molecule has 0 bridgehead atoms. The smallest absolute Gasteiger partial charge is 1.00 e. The van der Waals surface area contributed by atoms with Gasteiger partial charge in [0.1, 0.15) is 0 Å². The third-order valence-corrected chi connectivity index (χ3v) is 5.49. The molecule has 0 saturated heterocycles. The predicted octanol–water partition coefficient (Wildman–Crippen LogP) is -0.746. The fourth-order valence-corrected chi connectivity index (χ4v) is 4.34. The zero-order valence-electron chi connectivity index (χ0n) is 11.6. The van der Waals surface area contributed by atoms with Crippen molar-refractivity contribution in [2.24, 2.45) is 0 Å². The van der Waals surface area contributed by atoms with Crippen LogP contribution in [0.25, 0.3) is 0 Å². The molecule has 0 aromatic carbocycles. The SMILES string of the molecule is [CH2-]C[Si](OC(C)C)(OC(C)C)C(=O)CC.[Cl-].[Mg+2]. The zero-order chi connectivity index (χ0) is 12.1. The molecular weight excluding hydrogens is 268 g/mol. The van der Waals surface area contributed by atoms with E-state index in [1.165, 1.54) is 0 Å². The van der Waals surface area contributed by atoms with E-state index < -0.39 is 8.56 Å². The molecule has 0 heterocycles. The van der Waals surface area contributed by atoms with E-state index in [-0.39, 0.29) is 53.1 Å². The number of halogens is 1. The van der Waals surface area contributed by atoms with Crippen molar-refractivity contribution < 1.29 is 26.1 Å². The van der Waals surface area contributed by atoms with E-state index in [1.807, 2.05) is 34.6 Å². The molecule has 0 fully saturated rings. The van der Waals surface area contributed by atoms with Crippen LogP contribution in [0, 0.1) is 6.92 Å². The van der Waals surface area contributed by atoms with Crippen molar-refractivity contribution in [3.63, 3.8) is 0 Å². The molecule has 0 aromatic heterocycles. The molecule has 0 atom stereocenters. The summed E-state index contributed by atoms with van der Waals surface area (Å²) in [5, 5.41) is 0.0971. The minimum atomic E-state index is -2.75. The molecule has 0 N–H and O–H groups in total. The van der Waals surface area contributed by atoms with Crippen LogP contribution in [0.3, 0.4) is 0 Å². The van der Waals surface area contributed by atoms with E-state index in [4.69, 9.17) is 8.85 Å². The second-order valence-corrected chi connectivity index (χ2v) is 7.15. The minimum absolute atomic E-state index is 0. The summed E-state index contributed by atoms with van der Waals surface area (Å²) in [6.07, 6.45) is 0.474. The summed E-state index contributed by atoms with van der Waals surface area (Å²) in [6.45, 7) is 13.3. The predicted molar refractivity (Wildman–Crippen MR) is 69.4 cm³/mol. The Morgan fingerprint density at radius 3 is 1.71 bits per heavy atom. The van der Waals surface area contributed by atoms with Gasteiger partial charge in [-0.15, -0.1) is 6.04 Å². The molecule has 3 nitrogen and oxygen atoms in total. The van der Waals surface area contributed by atoms with Crippen molar-refractivity contribution in [1.82, 2.24) is 0 Å². The Hall–Kier alpha value is 0.863. The average Bonchev–Trinajstić information content (AvgIpc) is 2.13. The van der Waals surface area contributed by atoms with E-state index in [0.29, 0.717) is 12.5 Å². The maximum Gasteiger partial charge on any atom is 2.00 e. The van der Waals surface area contributed by atoms with Crippen molar-refractivity contribution in [2.45, 2.75) is 59.3 Å². The number of carbonyl (C=O) groups is 1. The van der Waals surface area contributed by atoms with Gasteiger partial charge in [0, 0.05) is 18.6 Å². The first-order valence-corrected chi connectivity index (χ1v) is 7.58. The van der Waals surface area contributed by atoms with Crippen molar-refractivity contribution in [2.75, 3.05) is 0 Å². The maximum atomic E-state index is 11.9. The Labute approximate surface area is 129 Å². The van der Waals surface area contributed by atoms with Crippen molar-refractivity contribution in [3.8, 4) is 0 Å². The summed E-state index contributed by atoms with van der Waals surface area (Å²) in [7, 11) is -2.75. The molecule has 6 heteroatoms. The second kappa shape index (κ2) is 10.8. The van der Waals surface area contributed by atoms with Gasteiger partial charge in [-0.25, -0.2) is 0 Å². The number of hydrogen-bond donors (Lipinski definition) is 0. The fourth-order valence-electron chi connectivity index (χ4n) is 1.45. The summed E-state index contributed by atoms with van der Waals surface area (Å²) >= 11 is 0. The van der Waals surface area contributed by atoms with Crippen LogP contribution in [0.5, 0.6) is 0 Å². The molecule has 17 heavy (non-hydrogen) atoms. The fraction of sp³-hybridized carbons (Fsp3) is 0.818. The Morgan fingerprint density at radius 2 is 1.53 bits per heavy atom. The van der Waals surface area contributed by atoms with E-state index in [2.05, 4.69) is 6.92 Å². The largest absolute Gasteiger partial charge is 2.00 e. The Morgan fingerprint density at radius 1 is 1.18 bits per heavy atom. The Kier molecular flexibility index (Phi) is 14.5. The first-order chi connectivity index (χ1) is 6.88. The minimum Gasteiger partial charge on any atom is -1.00 e. The molecule has 98 valence electrons. The van der Waals surface area contributed by atoms with Gasteiger partial charge >= 0.3 is 31.6 Å². The third kappa shape index (κ3) is 7.79. The van der Waals surface area contributed by atoms with Crippen LogP contribution in [0.15, 0.2) is 0 Å². The topological polar surface area (TPSA) is 35.5 Å². The quantitative estimate of drug-likeness (QED) is 0.457. The van der Waals surface area contributed by atoms with Crippen LogP contribution < -0.4 is 12.4 Å². The van der Waals surface area contributed by atoms with Crippen LogP contribution >= 0.6 is 0 Å². The van der Waals surface area contributed by atoms with Gasteiger partial charge in [0.2, 0.25) is 0 Å². The molecular formula is C11H23ClMgO3Si. The second-order valence-electron chi connectivity index (χ2n) is 4.11. The standard InChI is InChI=1S/C11H23O3Si.ClH.Mg/c1-7-11(12)15(8-2,13-9(3)4)14-10(5)6;;/h9-10H,2,7-8H2,1,3-6H3;1H;/q-1;;+2/p-1. The van der Waals surface area contributed by atoms with Crippen LogP contribution in [0.1, 0.15) is 41.0 Å². The van der Waals surface area contributed by atoms with Crippen LogP contribution in [0.4, 0.5) is 0 Å². The van der Waals surface area contributed by atoms with Gasteiger partial charge in [0.25, 0.3) is 0 Å². The summed E-state index contributed by atoms with van der Waals surface area (Å²) in [5.41, 5.74) is 0. The molecule has 0 aliphatic carbocycles. The maximum absolute atomic E-state index is 11.9. The monoisotopic (exact) mass is 290 g/mol. The van der Waals surface area contributed by atoms with E-state index in [9.17, 15) is 4.79 Å². The molecule has 0 aliphatic rings. The van der Waals surface area contributed by atoms with E-state index in [0.717, 1.165) is 0 Å². The van der Waals surface area contributed by atoms with Gasteiger partial charge in [-0.05, 0) is 27.7 Å². The van der Waals surface area contributed by atoms with E-state index in [1.54, 1.807) is 0 Å². The van der Waals surface area contributed by atoms with Crippen LogP contribution in [0.2, 0.25) is 6.04 Å². The molecule has 0 rings (SSSR count). The molecule has 0 aromatic rings. The zero-order valence-corrected chi connectivity index (χ0v) is 14.8. The molecule has 0 saturated carbocycles. The van der Waals surface area contributed by atoms with Crippen molar-refractivity contribution in [1.29, 1.82) is 0 Å². The van der Waals surface area contributed by atoms with Gasteiger partial charge in [0.15, 0.2) is 5.41 Å². The van der Waals surface area contributed by atoms with Crippen LogP contribution in [-0.2, 0) is 13.6 Å². The first-order valence-electron chi connectivity index (χ1n) is 5.56. The third-order valence-electron chi connectivity index (χ3n) is 1.93. The van der Waals surface area contributed by atoms with Crippen LogP contribution in [-0.4, -0.2) is 49.2 Å². The van der Waals surface area contributed by atoms with Gasteiger partial charge < -0.3 is 28.2 Å². The van der Waals surface area contributed by atoms with Gasteiger partial charge in [0.05, 0.1) is 0 Å². The van der Waals surface area contributed by atoms with Crippen molar-refractivity contribution >= 4 is 37.0 Å². The summed E-state index contributed by atoms with van der Waals surface area (Å²) in [6, 6.07) is 0.441. The summed E-state index contributed by atoms with van der Waals surface area (Å²) < 4.78 is 11.5. The normalized spacial score (nSPS) is 11.1. The Bertz CT molecular complexity index is 203. The van der Waals surface area contributed by atoms with E-state index >= 15 is 0 Å². The summed E-state index contributed by atoms with van der Waals surface area (Å²) in [4.78, 5) is 11.9. The number of carbonyl (C=O) groups excluding carboxylic acids is 1. The first kappa shape index (κ1) is 23.0. The summed E-state index contributed by atoms with van der Waals surface area (Å²) in [5.74, 6) is 0. The van der Waals surface area contributed by atoms with Gasteiger partial charge in [-0.1, -0.05) is 6.92 Å². The molecule has 0 radical (unpaired) electrons. The number of rotatable bonds is 7. The van der Waals surface area contributed by atoms with Crippen molar-refractivity contribution in [3.05, 3.63) is 6.92 Å². The average molecular weight is 291 g/mol.